The number of alkyl halides is 3. The Balaban J connectivity index is 1.39. The molecule has 0 N–H and O–H groups in total. The molecule has 0 bridgehead atoms. The molecule has 1 saturated carbocycles. The summed E-state index contributed by atoms with van der Waals surface area (Å²) in [5, 5.41) is 0. The molecule has 0 aromatic heterocycles. The van der Waals surface area contributed by atoms with Crippen LogP contribution in [-0.2, 0) is 14.4 Å². The molecule has 35 heavy (non-hydrogen) atoms. The number of piperazine rings is 1. The average molecular weight is 497 g/mol. The minimum absolute atomic E-state index is 0.0693. The van der Waals surface area contributed by atoms with Gasteiger partial charge in [0, 0.05) is 37.4 Å². The highest BCUT2D eigenvalue weighted by atomic mass is 19.4. The van der Waals surface area contributed by atoms with Crippen LogP contribution in [-0.4, -0.2) is 78.7 Å². The van der Waals surface area contributed by atoms with Gasteiger partial charge in [0.15, 0.2) is 5.78 Å². The minimum atomic E-state index is -5.04. The Morgan fingerprint density at radius 2 is 1.71 bits per heavy atom. The minimum Gasteiger partial charge on any atom is -0.312 e. The Morgan fingerprint density at radius 1 is 1.03 bits per heavy atom. The number of fused-ring (bicyclic) bond motifs is 1. The standard InChI is InChI=1S/C25H33F3N3O4/c26-25(27,28)24(34)35-31(17-14-29(15-18-31)19-7-1-2-8-19)16-6-5-13-30-21-10-4-3-9-20(21)22(32)11-12-23(30)33/h3-4,9-10,19H,1-2,5-8,11-18H2/q+1. The number of hydrogen-bond acceptors (Lipinski definition) is 5. The van der Waals surface area contributed by atoms with Crippen LogP contribution < -0.4 is 4.90 Å². The van der Waals surface area contributed by atoms with E-state index >= 15 is 0 Å². The first-order chi connectivity index (χ1) is 16.7. The molecule has 1 aliphatic carbocycles. The number of nitrogens with zero attached hydrogens (tertiary/aromatic N) is 3. The number of carbonyl (C=O) groups excluding carboxylic acids is 3. The van der Waals surface area contributed by atoms with Crippen LogP contribution >= 0.6 is 0 Å². The van der Waals surface area contributed by atoms with Crippen LogP contribution in [0.15, 0.2) is 24.3 Å². The molecule has 2 fully saturated rings. The van der Waals surface area contributed by atoms with E-state index in [2.05, 4.69) is 4.90 Å². The fraction of sp³-hybridized carbons (Fsp3) is 0.640. The second-order valence-electron chi connectivity index (χ2n) is 9.77. The molecule has 2 heterocycles. The molecule has 0 radical (unpaired) electrons. The van der Waals surface area contributed by atoms with E-state index in [1.54, 1.807) is 29.2 Å². The smallest absolute Gasteiger partial charge is 0.312 e. The maximum atomic E-state index is 13.0. The van der Waals surface area contributed by atoms with Gasteiger partial charge in [-0.3, -0.25) is 19.3 Å². The van der Waals surface area contributed by atoms with Gasteiger partial charge in [-0.05, 0) is 31.4 Å². The quantitative estimate of drug-likeness (QED) is 0.424. The number of anilines is 1. The fourth-order valence-electron chi connectivity index (χ4n) is 5.55. The number of ketones is 1. The number of Topliss-reactive ketones (excluding diaryl/α,β-unsaturated/α-hetero) is 1. The third-order valence-corrected chi connectivity index (χ3v) is 7.50. The van der Waals surface area contributed by atoms with Gasteiger partial charge >= 0.3 is 12.1 Å². The average Bonchev–Trinajstić information content (AvgIpc) is 3.34. The van der Waals surface area contributed by atoms with Crippen molar-refractivity contribution >= 4 is 23.3 Å². The second kappa shape index (κ2) is 10.7. The lowest BCUT2D eigenvalue weighted by molar-refractivity contribution is -1.09. The van der Waals surface area contributed by atoms with Crippen LogP contribution in [0.2, 0.25) is 0 Å². The Morgan fingerprint density at radius 3 is 2.40 bits per heavy atom. The van der Waals surface area contributed by atoms with Gasteiger partial charge in [0.25, 0.3) is 0 Å². The molecule has 192 valence electrons. The topological polar surface area (TPSA) is 66.9 Å². The van der Waals surface area contributed by atoms with Gasteiger partial charge in [-0.2, -0.15) is 13.2 Å². The Hall–Kier alpha value is -2.46. The number of para-hydroxylation sites is 1. The summed E-state index contributed by atoms with van der Waals surface area (Å²) in [5.41, 5.74) is 1.10. The lowest BCUT2D eigenvalue weighted by atomic mass is 10.1. The van der Waals surface area contributed by atoms with E-state index in [9.17, 15) is 27.6 Å². The highest BCUT2D eigenvalue weighted by Crippen LogP contribution is 2.30. The van der Waals surface area contributed by atoms with Crippen LogP contribution in [0.5, 0.6) is 0 Å². The molecular formula is C25H33F3N3O4+. The number of halogens is 3. The molecule has 10 heteroatoms. The second-order valence-corrected chi connectivity index (χ2v) is 9.77. The number of hydrogen-bond donors (Lipinski definition) is 0. The lowest BCUT2D eigenvalue weighted by Crippen LogP contribution is -2.62. The summed E-state index contributed by atoms with van der Waals surface area (Å²) < 4.78 is 38.7. The van der Waals surface area contributed by atoms with Crippen LogP contribution in [0.25, 0.3) is 0 Å². The zero-order valence-corrected chi connectivity index (χ0v) is 19.9. The van der Waals surface area contributed by atoms with Crippen molar-refractivity contribution in [1.82, 2.24) is 4.90 Å². The Kier molecular flexibility index (Phi) is 7.80. The molecule has 0 spiro atoms. The van der Waals surface area contributed by atoms with Crippen LogP contribution in [0.4, 0.5) is 18.9 Å². The number of benzene rings is 1. The van der Waals surface area contributed by atoms with Gasteiger partial charge in [0.05, 0.1) is 18.8 Å². The highest BCUT2D eigenvalue weighted by Gasteiger charge is 2.49. The molecule has 1 saturated heterocycles. The molecule has 0 unspecified atom stereocenters. The van der Waals surface area contributed by atoms with E-state index in [0.717, 1.165) is 12.8 Å². The van der Waals surface area contributed by atoms with E-state index in [4.69, 9.17) is 4.84 Å². The van der Waals surface area contributed by atoms with Crippen molar-refractivity contribution in [3.05, 3.63) is 29.8 Å². The molecule has 0 atom stereocenters. The number of carbonyl (C=O) groups is 3. The van der Waals surface area contributed by atoms with Crippen molar-refractivity contribution < 1.29 is 37.0 Å². The summed E-state index contributed by atoms with van der Waals surface area (Å²) in [4.78, 5) is 45.8. The summed E-state index contributed by atoms with van der Waals surface area (Å²) in [5.74, 6) is -2.36. The van der Waals surface area contributed by atoms with Crippen molar-refractivity contribution in [1.29, 1.82) is 0 Å². The third kappa shape index (κ3) is 6.03. The van der Waals surface area contributed by atoms with Crippen molar-refractivity contribution in [3.63, 3.8) is 0 Å². The summed E-state index contributed by atoms with van der Waals surface area (Å²) in [6.07, 6.45) is 0.820. The van der Waals surface area contributed by atoms with Crippen molar-refractivity contribution in [2.75, 3.05) is 44.2 Å². The SMILES string of the molecule is O=C1CCC(=O)N(CCCC[N+]2(OC(=O)C(F)(F)F)CCN(C3CCCC3)CC2)c2ccccc21. The van der Waals surface area contributed by atoms with Crippen LogP contribution in [0, 0.1) is 0 Å². The Bertz CT molecular complexity index is 938. The predicted octanol–water partition coefficient (Wildman–Crippen LogP) is 3.87. The van der Waals surface area contributed by atoms with Crippen molar-refractivity contribution in [3.8, 4) is 0 Å². The first-order valence-corrected chi connectivity index (χ1v) is 12.5. The molecular weight excluding hydrogens is 463 g/mol. The van der Waals surface area contributed by atoms with Gasteiger partial charge in [-0.25, -0.2) is 4.79 Å². The summed E-state index contributed by atoms with van der Waals surface area (Å²) >= 11 is 0. The summed E-state index contributed by atoms with van der Waals surface area (Å²) in [7, 11) is 0. The van der Waals surface area contributed by atoms with Gasteiger partial charge in [-0.15, -0.1) is 4.65 Å². The maximum absolute atomic E-state index is 13.0. The maximum Gasteiger partial charge on any atom is 0.497 e. The summed E-state index contributed by atoms with van der Waals surface area (Å²) in [6, 6.07) is 7.46. The summed E-state index contributed by atoms with van der Waals surface area (Å²) in [6.45, 7) is 2.43. The van der Waals surface area contributed by atoms with Gasteiger partial charge in [-0.1, -0.05) is 25.0 Å². The predicted molar refractivity (Wildman–Crippen MR) is 122 cm³/mol. The Labute approximate surface area is 203 Å². The zero-order valence-electron chi connectivity index (χ0n) is 19.9. The molecule has 1 amide bonds. The van der Waals surface area contributed by atoms with E-state index < -0.39 is 12.1 Å². The number of amides is 1. The van der Waals surface area contributed by atoms with E-state index in [1.807, 2.05) is 0 Å². The normalized spacial score (nSPS) is 21.6. The van der Waals surface area contributed by atoms with Crippen molar-refractivity contribution in [2.45, 2.75) is 63.6 Å². The molecule has 1 aromatic carbocycles. The highest BCUT2D eigenvalue weighted by molar-refractivity contribution is 6.10. The van der Waals surface area contributed by atoms with Crippen LogP contribution in [0.3, 0.4) is 0 Å². The van der Waals surface area contributed by atoms with Crippen molar-refractivity contribution in [2.24, 2.45) is 0 Å². The van der Waals surface area contributed by atoms with Crippen LogP contribution in [0.1, 0.15) is 61.7 Å². The molecule has 1 aromatic rings. The molecule has 7 nitrogen and oxygen atoms in total. The third-order valence-electron chi connectivity index (χ3n) is 7.50. The van der Waals surface area contributed by atoms with Gasteiger partial charge in [0.2, 0.25) is 5.91 Å². The monoisotopic (exact) mass is 496 g/mol. The molecule has 3 aliphatic rings. The van der Waals surface area contributed by atoms with E-state index in [0.29, 0.717) is 62.9 Å². The number of unbranched alkanes of at least 4 members (excludes halogenated alkanes) is 1. The first-order valence-electron chi connectivity index (χ1n) is 12.5. The number of hydroxylamine groups is 3. The molecule has 2 aliphatic heterocycles. The van der Waals surface area contributed by atoms with E-state index in [-0.39, 0.29) is 35.7 Å². The molecule has 4 rings (SSSR count). The zero-order chi connectivity index (χ0) is 25.1. The number of rotatable bonds is 7. The van der Waals surface area contributed by atoms with E-state index in [1.165, 1.54) is 12.8 Å². The first kappa shape index (κ1) is 25.6. The largest absolute Gasteiger partial charge is 0.497 e. The lowest BCUT2D eigenvalue weighted by Gasteiger charge is -2.43. The van der Waals surface area contributed by atoms with Gasteiger partial charge < -0.3 is 4.90 Å². The van der Waals surface area contributed by atoms with Gasteiger partial charge in [0.1, 0.15) is 19.6 Å². The fourth-order valence-corrected chi connectivity index (χ4v) is 5.55. The number of quaternary nitrogens is 1.